The molecule has 0 atom stereocenters. The van der Waals surface area contributed by atoms with Gasteiger partial charge in [0, 0.05) is 38.6 Å². The van der Waals surface area contributed by atoms with E-state index in [-0.39, 0.29) is 11.8 Å². The fourth-order valence-corrected chi connectivity index (χ4v) is 3.80. The summed E-state index contributed by atoms with van der Waals surface area (Å²) in [6.45, 7) is 3.71. The van der Waals surface area contributed by atoms with E-state index in [9.17, 15) is 9.59 Å². The van der Waals surface area contributed by atoms with Gasteiger partial charge in [0.25, 0.3) is 5.91 Å². The highest BCUT2D eigenvalue weighted by Gasteiger charge is 2.43. The second kappa shape index (κ2) is 7.88. The van der Waals surface area contributed by atoms with E-state index < -0.39 is 5.54 Å². The average molecular weight is 346 g/mol. The van der Waals surface area contributed by atoms with Crippen LogP contribution >= 0.6 is 0 Å². The maximum Gasteiger partial charge on any atom is 0.255 e. The maximum absolute atomic E-state index is 12.6. The first-order chi connectivity index (χ1) is 12.1. The third kappa shape index (κ3) is 3.96. The van der Waals surface area contributed by atoms with Crippen LogP contribution in [0.15, 0.2) is 18.7 Å². The van der Waals surface area contributed by atoms with Crippen molar-refractivity contribution in [3.63, 3.8) is 0 Å². The molecule has 3 heterocycles. The van der Waals surface area contributed by atoms with Gasteiger partial charge < -0.3 is 20.9 Å². The molecule has 2 amide bonds. The van der Waals surface area contributed by atoms with Crippen LogP contribution in [-0.2, 0) is 4.79 Å². The summed E-state index contributed by atoms with van der Waals surface area (Å²) >= 11 is 0. The van der Waals surface area contributed by atoms with Crippen molar-refractivity contribution in [3.8, 4) is 0 Å². The molecule has 2 saturated heterocycles. The maximum atomic E-state index is 12.6. The summed E-state index contributed by atoms with van der Waals surface area (Å²) in [5, 5.41) is 9.05. The predicted octanol–water partition coefficient (Wildman–Crippen LogP) is -0.461. The molecule has 2 aliphatic rings. The van der Waals surface area contributed by atoms with Crippen molar-refractivity contribution in [2.45, 2.75) is 37.3 Å². The number of likely N-dealkylation sites (N-methyl/N-ethyl adjacent to an activating group) is 1. The molecule has 0 spiro atoms. The summed E-state index contributed by atoms with van der Waals surface area (Å²) in [6.07, 6.45) is 7.80. The second-order valence-corrected chi connectivity index (χ2v) is 6.76. The fraction of sp³-hybridized carbons (Fsp3) is 0.647. The van der Waals surface area contributed by atoms with Gasteiger partial charge >= 0.3 is 0 Å². The van der Waals surface area contributed by atoms with Gasteiger partial charge in [-0.15, -0.1) is 0 Å². The molecule has 0 bridgehead atoms. The van der Waals surface area contributed by atoms with Crippen molar-refractivity contribution in [3.05, 3.63) is 24.3 Å². The lowest BCUT2D eigenvalue weighted by Crippen LogP contribution is -2.64. The zero-order valence-electron chi connectivity index (χ0n) is 14.6. The minimum Gasteiger partial charge on any atom is -0.357 e. The first-order valence-electron chi connectivity index (χ1n) is 8.89. The van der Waals surface area contributed by atoms with Crippen molar-refractivity contribution in [1.29, 1.82) is 0 Å². The highest BCUT2D eigenvalue weighted by Crippen LogP contribution is 2.26. The average Bonchev–Trinajstić information content (AvgIpc) is 2.69. The predicted molar refractivity (Wildman–Crippen MR) is 93.0 cm³/mol. The summed E-state index contributed by atoms with van der Waals surface area (Å²) in [5.41, 5.74) is -0.503. The number of carbonyl (C=O) groups excluding carboxylic acids is 2. The van der Waals surface area contributed by atoms with E-state index >= 15 is 0 Å². The number of hydrogen-bond acceptors (Lipinski definition) is 6. The normalized spacial score (nSPS) is 21.5. The Hall–Kier alpha value is -2.06. The molecule has 25 heavy (non-hydrogen) atoms. The van der Waals surface area contributed by atoms with Gasteiger partial charge in [-0.05, 0) is 38.8 Å². The van der Waals surface area contributed by atoms with E-state index in [1.807, 2.05) is 0 Å². The number of likely N-dealkylation sites (tertiary alicyclic amines) is 1. The van der Waals surface area contributed by atoms with Crippen LogP contribution in [0.25, 0.3) is 0 Å². The Kier molecular flexibility index (Phi) is 5.60. The molecule has 2 fully saturated rings. The molecule has 136 valence electrons. The Labute approximate surface area is 147 Å². The molecule has 1 aromatic heterocycles. The van der Waals surface area contributed by atoms with Crippen LogP contribution in [0.3, 0.4) is 0 Å². The first kappa shape index (κ1) is 17.8. The molecule has 0 aliphatic carbocycles. The number of aromatic nitrogens is 2. The number of nitrogens with zero attached hydrogens (tertiary/aromatic N) is 3. The van der Waals surface area contributed by atoms with Crippen LogP contribution in [0.1, 0.15) is 36.0 Å². The van der Waals surface area contributed by atoms with E-state index in [1.165, 1.54) is 18.7 Å². The van der Waals surface area contributed by atoms with Crippen molar-refractivity contribution >= 4 is 11.8 Å². The van der Waals surface area contributed by atoms with Crippen molar-refractivity contribution in [1.82, 2.24) is 30.8 Å². The van der Waals surface area contributed by atoms with Crippen LogP contribution in [0.5, 0.6) is 0 Å². The Morgan fingerprint density at radius 1 is 1.20 bits per heavy atom. The van der Waals surface area contributed by atoms with Gasteiger partial charge in [-0.3, -0.25) is 9.59 Å². The number of amides is 2. The molecule has 3 N–H and O–H groups in total. The Bertz CT molecular complexity index is 594. The van der Waals surface area contributed by atoms with Crippen LogP contribution < -0.4 is 16.0 Å². The van der Waals surface area contributed by atoms with Crippen molar-refractivity contribution in [2.24, 2.45) is 0 Å². The van der Waals surface area contributed by atoms with Crippen LogP contribution in [0, 0.1) is 0 Å². The number of hydrogen-bond donors (Lipinski definition) is 3. The topological polar surface area (TPSA) is 99.2 Å². The van der Waals surface area contributed by atoms with Gasteiger partial charge in [0.05, 0.1) is 5.56 Å². The Morgan fingerprint density at radius 3 is 2.44 bits per heavy atom. The lowest BCUT2D eigenvalue weighted by atomic mass is 9.84. The van der Waals surface area contributed by atoms with Crippen LogP contribution in [0.2, 0.25) is 0 Å². The number of carbonyl (C=O) groups is 2. The van der Waals surface area contributed by atoms with Gasteiger partial charge in [0.15, 0.2) is 0 Å². The molecule has 0 radical (unpaired) electrons. The number of piperidine rings is 2. The minimum atomic E-state index is -0.870. The van der Waals surface area contributed by atoms with E-state index in [2.05, 4.69) is 30.8 Å². The Morgan fingerprint density at radius 2 is 1.84 bits per heavy atom. The zero-order valence-corrected chi connectivity index (χ0v) is 14.6. The Balaban J connectivity index is 1.68. The number of nitrogens with one attached hydrogen (secondary N) is 3. The molecule has 3 rings (SSSR count). The molecule has 8 nitrogen and oxygen atoms in total. The standard InChI is InChI=1S/C17H26N6O2/c1-18-16(25)17(22-15(24)13-10-20-12-21-11-13)4-8-23(9-5-17)14-2-6-19-7-3-14/h10-12,14,19H,2-9H2,1H3,(H,18,25)(H,22,24). The minimum absolute atomic E-state index is 0.136. The lowest BCUT2D eigenvalue weighted by Gasteiger charge is -2.44. The lowest BCUT2D eigenvalue weighted by molar-refractivity contribution is -0.129. The monoisotopic (exact) mass is 346 g/mol. The molecular formula is C17H26N6O2. The summed E-state index contributed by atoms with van der Waals surface area (Å²) in [5.74, 6) is -0.442. The quantitative estimate of drug-likeness (QED) is 0.682. The molecule has 1 aromatic rings. The second-order valence-electron chi connectivity index (χ2n) is 6.76. The smallest absolute Gasteiger partial charge is 0.255 e. The third-order valence-electron chi connectivity index (χ3n) is 5.31. The van der Waals surface area contributed by atoms with E-state index in [4.69, 9.17) is 0 Å². The fourth-order valence-electron chi connectivity index (χ4n) is 3.80. The summed E-state index contributed by atoms with van der Waals surface area (Å²) in [4.78, 5) is 35.3. The van der Waals surface area contributed by atoms with Gasteiger partial charge in [-0.1, -0.05) is 0 Å². The van der Waals surface area contributed by atoms with Crippen molar-refractivity contribution in [2.75, 3.05) is 33.2 Å². The van der Waals surface area contributed by atoms with Gasteiger partial charge in [0.1, 0.15) is 11.9 Å². The SMILES string of the molecule is CNC(=O)C1(NC(=O)c2cncnc2)CCN(C2CCNCC2)CC1. The van der Waals surface area contributed by atoms with Crippen molar-refractivity contribution < 1.29 is 9.59 Å². The highest BCUT2D eigenvalue weighted by molar-refractivity contribution is 5.98. The van der Waals surface area contributed by atoms with Crippen LogP contribution in [0.4, 0.5) is 0 Å². The van der Waals surface area contributed by atoms with E-state index in [0.717, 1.165) is 39.0 Å². The van der Waals surface area contributed by atoms with Gasteiger partial charge in [0.2, 0.25) is 5.91 Å². The van der Waals surface area contributed by atoms with Crippen LogP contribution in [-0.4, -0.2) is 71.5 Å². The number of rotatable bonds is 4. The summed E-state index contributed by atoms with van der Waals surface area (Å²) < 4.78 is 0. The van der Waals surface area contributed by atoms with E-state index in [0.29, 0.717) is 24.4 Å². The van der Waals surface area contributed by atoms with Gasteiger partial charge in [-0.2, -0.15) is 0 Å². The van der Waals surface area contributed by atoms with Gasteiger partial charge in [-0.25, -0.2) is 9.97 Å². The third-order valence-corrected chi connectivity index (χ3v) is 5.31. The molecular weight excluding hydrogens is 320 g/mol. The highest BCUT2D eigenvalue weighted by atomic mass is 16.2. The molecule has 0 unspecified atom stereocenters. The largest absolute Gasteiger partial charge is 0.357 e. The molecule has 0 aromatic carbocycles. The first-order valence-corrected chi connectivity index (χ1v) is 8.89. The summed E-state index contributed by atoms with van der Waals surface area (Å²) in [7, 11) is 1.61. The molecule has 0 saturated carbocycles. The zero-order chi connectivity index (χ0) is 17.7. The molecule has 2 aliphatic heterocycles. The summed E-state index contributed by atoms with van der Waals surface area (Å²) in [6, 6.07) is 0.571. The molecule has 8 heteroatoms. The van der Waals surface area contributed by atoms with E-state index in [1.54, 1.807) is 7.05 Å².